The second kappa shape index (κ2) is 18.5. The molecule has 0 spiro atoms. The van der Waals surface area contributed by atoms with Crippen LogP contribution in [0.4, 0.5) is 13.2 Å². The summed E-state index contributed by atoms with van der Waals surface area (Å²) in [6.07, 6.45) is 1.32. The molecule has 0 aliphatic carbocycles. The molecule has 3 N–H and O–H groups in total. The van der Waals surface area contributed by atoms with Gasteiger partial charge in [-0.2, -0.15) is 23.5 Å². The summed E-state index contributed by atoms with van der Waals surface area (Å²) in [6, 6.07) is 21.7. The van der Waals surface area contributed by atoms with Crippen LogP contribution >= 0.6 is 23.1 Å². The number of carboxylic acids is 3. The molecule has 7 aromatic heterocycles. The van der Waals surface area contributed by atoms with E-state index in [9.17, 15) is 32.7 Å². The molecule has 0 aromatic carbocycles. The fraction of sp³-hybridized carbons (Fsp3) is 0.0526. The number of aromatic nitrogens is 7. The Balaban J connectivity index is 0.000000218. The average Bonchev–Trinajstić information content (AvgIpc) is 3.90. The van der Waals surface area contributed by atoms with E-state index in [0.29, 0.717) is 5.69 Å². The van der Waals surface area contributed by atoms with Gasteiger partial charge in [-0.15, -0.1) is 11.3 Å². The Morgan fingerprint density at radius 1 is 0.690 bits per heavy atom. The molecule has 0 aliphatic heterocycles. The predicted octanol–water partition coefficient (Wildman–Crippen LogP) is 8.22. The summed E-state index contributed by atoms with van der Waals surface area (Å²) in [7, 11) is 0. The van der Waals surface area contributed by atoms with Gasteiger partial charge in [0.15, 0.2) is 5.69 Å². The van der Waals surface area contributed by atoms with Crippen molar-refractivity contribution in [3.63, 3.8) is 0 Å². The van der Waals surface area contributed by atoms with Crippen molar-refractivity contribution in [1.82, 2.24) is 34.7 Å². The molecule has 0 atom stereocenters. The Hall–Kier alpha value is -6.68. The van der Waals surface area contributed by atoms with Crippen molar-refractivity contribution in [3.8, 4) is 60.6 Å². The van der Waals surface area contributed by atoms with Crippen molar-refractivity contribution >= 4 is 41.0 Å². The van der Waals surface area contributed by atoms with Gasteiger partial charge in [0.2, 0.25) is 0 Å². The minimum absolute atomic E-state index is 0. The second-order valence-corrected chi connectivity index (χ2v) is 13.3. The van der Waals surface area contributed by atoms with Crippen LogP contribution in [0, 0.1) is 10.7 Å². The van der Waals surface area contributed by atoms with E-state index in [1.807, 2.05) is 35.7 Å². The number of thioether (sulfide) groups is 1. The number of aromatic carboxylic acids is 3. The zero-order valence-corrected chi connectivity index (χ0v) is 32.4. The number of thiophene rings is 1. The third kappa shape index (κ3) is 10.2. The molecule has 0 aliphatic rings. The molecule has 0 saturated carbocycles. The number of nitrogens with zero attached hydrogens (tertiary/aromatic N) is 8. The van der Waals surface area contributed by atoms with Gasteiger partial charge in [0, 0.05) is 54.7 Å². The summed E-state index contributed by atoms with van der Waals surface area (Å²) >= 11 is 2.36. The van der Waals surface area contributed by atoms with Gasteiger partial charge in [-0.25, -0.2) is 19.4 Å². The van der Waals surface area contributed by atoms with Crippen molar-refractivity contribution in [2.45, 2.75) is 12.1 Å². The van der Waals surface area contributed by atoms with Crippen LogP contribution in [0.5, 0.6) is 0 Å². The Bertz CT molecular complexity index is 2580. The van der Waals surface area contributed by atoms with Gasteiger partial charge in [-0.1, -0.05) is 6.07 Å². The van der Waals surface area contributed by atoms with Gasteiger partial charge in [0.1, 0.15) is 11.3 Å². The van der Waals surface area contributed by atoms with Crippen molar-refractivity contribution in [2.24, 2.45) is 0 Å². The topological polar surface area (TPSA) is 218 Å². The molecule has 0 unspecified atom stereocenters. The molecule has 0 saturated heterocycles. The molecule has 0 fully saturated rings. The van der Waals surface area contributed by atoms with Crippen molar-refractivity contribution in [2.75, 3.05) is 0 Å². The van der Waals surface area contributed by atoms with E-state index in [2.05, 4.69) is 30.0 Å². The zero-order valence-electron chi connectivity index (χ0n) is 29.0. The second-order valence-electron chi connectivity index (χ2n) is 11.5. The average molecular weight is 910 g/mol. The summed E-state index contributed by atoms with van der Waals surface area (Å²) in [4.78, 5) is 56.8. The SMILES string of the molecule is N#CSCn1nc(C(F)(F)F)cc1-c1ccc(-c2ccc(-c3ccccn3)s2)cn1.O=C(O)c1ccnc(-c2cc(C(=O)O)cc(-c3cc(C(=O)O)ccn3)n2)c1.[Ru]. The van der Waals surface area contributed by atoms with E-state index in [1.54, 1.807) is 35.9 Å². The molecule has 0 amide bonds. The van der Waals surface area contributed by atoms with Crippen molar-refractivity contribution in [1.29, 1.82) is 5.26 Å². The number of pyridine rings is 5. The van der Waals surface area contributed by atoms with E-state index >= 15 is 0 Å². The first-order valence-corrected chi connectivity index (χ1v) is 17.9. The number of alkyl halides is 3. The number of hydrogen-bond donors (Lipinski definition) is 3. The molecule has 58 heavy (non-hydrogen) atoms. The van der Waals surface area contributed by atoms with Gasteiger partial charge in [0.25, 0.3) is 0 Å². The molecule has 7 aromatic rings. The number of carboxylic acid groups (broad SMARTS) is 3. The van der Waals surface area contributed by atoms with E-state index < -0.39 is 29.8 Å². The maximum absolute atomic E-state index is 13.1. The van der Waals surface area contributed by atoms with Crippen LogP contribution in [0.2, 0.25) is 0 Å². The summed E-state index contributed by atoms with van der Waals surface area (Å²) < 4.78 is 40.4. The normalized spacial score (nSPS) is 10.7. The third-order valence-electron chi connectivity index (χ3n) is 7.77. The maximum Gasteiger partial charge on any atom is 0.435 e. The smallest absolute Gasteiger partial charge is 0.435 e. The van der Waals surface area contributed by atoms with Gasteiger partial charge < -0.3 is 15.3 Å². The molecular formula is C38H23F3N8O6RuS2. The number of rotatable bonds is 10. The van der Waals surface area contributed by atoms with Gasteiger partial charge in [-0.3, -0.25) is 24.6 Å². The quantitative estimate of drug-likeness (QED) is 0.0870. The fourth-order valence-electron chi connectivity index (χ4n) is 5.10. The molecular weight excluding hydrogens is 887 g/mol. The van der Waals surface area contributed by atoms with Crippen LogP contribution in [-0.4, -0.2) is 67.9 Å². The first-order valence-electron chi connectivity index (χ1n) is 16.1. The number of nitriles is 1. The van der Waals surface area contributed by atoms with Gasteiger partial charge >= 0.3 is 24.1 Å². The Kier molecular flexibility index (Phi) is 13.6. The summed E-state index contributed by atoms with van der Waals surface area (Å²) in [5.74, 6) is -3.58. The van der Waals surface area contributed by atoms with Crippen molar-refractivity contribution < 1.29 is 62.4 Å². The molecule has 0 bridgehead atoms. The van der Waals surface area contributed by atoms with E-state index in [1.165, 1.54) is 48.8 Å². The van der Waals surface area contributed by atoms with Crippen LogP contribution in [0.1, 0.15) is 36.8 Å². The molecule has 292 valence electrons. The van der Waals surface area contributed by atoms with E-state index in [4.69, 9.17) is 15.5 Å². The third-order valence-corrected chi connectivity index (χ3v) is 9.43. The van der Waals surface area contributed by atoms with Crippen LogP contribution in [0.3, 0.4) is 0 Å². The number of halogens is 3. The first kappa shape index (κ1) is 42.5. The fourth-order valence-corrected chi connectivity index (χ4v) is 6.45. The number of thiocyanates is 1. The minimum atomic E-state index is -4.57. The van der Waals surface area contributed by atoms with Gasteiger partial charge in [-0.05, 0) is 90.6 Å². The Morgan fingerprint density at radius 2 is 1.28 bits per heavy atom. The summed E-state index contributed by atoms with van der Waals surface area (Å²) in [6.45, 7) is 0. The van der Waals surface area contributed by atoms with E-state index in [-0.39, 0.29) is 70.5 Å². The molecule has 0 radical (unpaired) electrons. The summed E-state index contributed by atoms with van der Waals surface area (Å²) in [5, 5.41) is 41.7. The molecule has 20 heteroatoms. The molecule has 7 rings (SSSR count). The maximum atomic E-state index is 13.1. The Labute approximate surface area is 346 Å². The van der Waals surface area contributed by atoms with E-state index in [0.717, 1.165) is 43.5 Å². The molecule has 14 nitrogen and oxygen atoms in total. The number of carbonyl (C=O) groups is 3. The molecule has 7 heterocycles. The number of hydrogen-bond acceptors (Lipinski definition) is 12. The summed E-state index contributed by atoms with van der Waals surface area (Å²) in [5.41, 5.74) is 1.63. The van der Waals surface area contributed by atoms with Crippen LogP contribution in [0.15, 0.2) is 110 Å². The Morgan fingerprint density at radius 3 is 1.79 bits per heavy atom. The van der Waals surface area contributed by atoms with Crippen LogP contribution in [0.25, 0.3) is 55.2 Å². The van der Waals surface area contributed by atoms with Crippen LogP contribution in [-0.2, 0) is 31.5 Å². The first-order chi connectivity index (χ1) is 27.3. The largest absolute Gasteiger partial charge is 0.478 e. The minimum Gasteiger partial charge on any atom is -0.478 e. The standard InChI is InChI=1S/C20H12F3N5S2.C18H11N3O6.Ru/c21-20(22,23)19-9-16(28(27-19)12-29-11-24)14-5-4-13(10-26-14)17-6-7-18(30-17)15-3-1-2-8-25-15;22-16(23)9-1-3-19-12(5-9)14-7-11(18(26)27)8-15(21-14)13-6-10(17(24)25)2-4-20-13;/h1-10H,12H2;1-8H,(H,22,23)(H,24,25)(H,26,27);. The van der Waals surface area contributed by atoms with Gasteiger partial charge in [0.05, 0.1) is 61.4 Å². The van der Waals surface area contributed by atoms with Crippen LogP contribution < -0.4 is 0 Å². The zero-order chi connectivity index (χ0) is 40.7. The monoisotopic (exact) mass is 910 g/mol. The van der Waals surface area contributed by atoms with Crippen molar-refractivity contribution in [3.05, 3.63) is 132 Å². The predicted molar refractivity (Wildman–Crippen MR) is 202 cm³/mol.